The van der Waals surface area contributed by atoms with Crippen molar-refractivity contribution in [2.45, 2.75) is 50.5 Å². The van der Waals surface area contributed by atoms with Crippen molar-refractivity contribution in [3.05, 3.63) is 0 Å². The summed E-state index contributed by atoms with van der Waals surface area (Å²) in [5.74, 6) is 0.144. The number of nitrogens with two attached hydrogens (primary N) is 1. The van der Waals surface area contributed by atoms with Crippen LogP contribution in [0, 0.1) is 0 Å². The summed E-state index contributed by atoms with van der Waals surface area (Å²) in [5, 5.41) is 1.54. The predicted octanol–water partition coefficient (Wildman–Crippen LogP) is 1.20. The molecule has 0 aromatic rings. The second kappa shape index (κ2) is 4.49. The van der Waals surface area contributed by atoms with Gasteiger partial charge in [-0.1, -0.05) is 19.3 Å². The smallest absolute Gasteiger partial charge is 0.249 e. The highest BCUT2D eigenvalue weighted by Gasteiger charge is 2.45. The number of carbonyl (C=O) groups excluding carboxylic acids is 1. The Hall–Kier alpha value is -0.610. The molecule has 1 saturated carbocycles. The van der Waals surface area contributed by atoms with Crippen LogP contribution in [0.1, 0.15) is 44.9 Å². The fourth-order valence-corrected chi connectivity index (χ4v) is 2.55. The first kappa shape index (κ1) is 10.9. The van der Waals surface area contributed by atoms with Crippen molar-refractivity contribution in [2.75, 3.05) is 13.1 Å². The standard InChI is InChI=1S/C11H20N2O2/c12-7-4-8-13-10(14)9-11(15-13)5-2-1-3-6-11/h1-9,12H2. The zero-order valence-corrected chi connectivity index (χ0v) is 9.21. The highest BCUT2D eigenvalue weighted by molar-refractivity contribution is 5.78. The molecule has 0 bridgehead atoms. The summed E-state index contributed by atoms with van der Waals surface area (Å²) in [6.07, 6.45) is 7.15. The molecule has 2 aliphatic rings. The highest BCUT2D eigenvalue weighted by Crippen LogP contribution is 2.39. The Balaban J connectivity index is 1.92. The molecule has 1 spiro atoms. The molecule has 2 fully saturated rings. The van der Waals surface area contributed by atoms with Gasteiger partial charge in [0.05, 0.1) is 6.42 Å². The van der Waals surface area contributed by atoms with Gasteiger partial charge in [-0.15, -0.1) is 0 Å². The minimum atomic E-state index is -0.149. The lowest BCUT2D eigenvalue weighted by molar-refractivity contribution is -0.206. The van der Waals surface area contributed by atoms with Gasteiger partial charge in [0.2, 0.25) is 5.91 Å². The third-order valence-corrected chi connectivity index (χ3v) is 3.39. The van der Waals surface area contributed by atoms with Crippen LogP contribution in [-0.2, 0) is 9.63 Å². The van der Waals surface area contributed by atoms with Crippen LogP contribution in [0.5, 0.6) is 0 Å². The lowest BCUT2D eigenvalue weighted by atomic mass is 9.83. The zero-order valence-electron chi connectivity index (χ0n) is 9.21. The molecular weight excluding hydrogens is 192 g/mol. The Morgan fingerprint density at radius 3 is 2.73 bits per heavy atom. The first-order valence-electron chi connectivity index (χ1n) is 5.95. The van der Waals surface area contributed by atoms with E-state index in [0.29, 0.717) is 19.5 Å². The Bertz CT molecular complexity index is 237. The molecule has 0 aromatic carbocycles. The van der Waals surface area contributed by atoms with Crippen LogP contribution < -0.4 is 5.73 Å². The first-order chi connectivity index (χ1) is 7.26. The molecule has 0 unspecified atom stereocenters. The van der Waals surface area contributed by atoms with Gasteiger partial charge in [-0.2, -0.15) is 0 Å². The molecule has 0 aromatic heterocycles. The molecule has 1 amide bonds. The van der Waals surface area contributed by atoms with Crippen molar-refractivity contribution in [2.24, 2.45) is 5.73 Å². The van der Waals surface area contributed by atoms with Gasteiger partial charge in [0.15, 0.2) is 0 Å². The monoisotopic (exact) mass is 212 g/mol. The van der Waals surface area contributed by atoms with E-state index in [1.807, 2.05) is 0 Å². The van der Waals surface area contributed by atoms with Gasteiger partial charge in [0.1, 0.15) is 5.60 Å². The zero-order chi connectivity index (χ0) is 10.7. The van der Waals surface area contributed by atoms with E-state index in [9.17, 15) is 4.79 Å². The summed E-state index contributed by atoms with van der Waals surface area (Å²) < 4.78 is 0. The maximum atomic E-state index is 11.7. The van der Waals surface area contributed by atoms with E-state index in [1.54, 1.807) is 0 Å². The number of amides is 1. The SMILES string of the molecule is NCCCN1OC2(CCCCC2)CC1=O. The van der Waals surface area contributed by atoms with Crippen molar-refractivity contribution in [1.82, 2.24) is 5.06 Å². The number of hydrogen-bond donors (Lipinski definition) is 1. The van der Waals surface area contributed by atoms with E-state index >= 15 is 0 Å². The van der Waals surface area contributed by atoms with Crippen LogP contribution in [-0.4, -0.2) is 29.7 Å². The van der Waals surface area contributed by atoms with E-state index in [2.05, 4.69) is 0 Å². The van der Waals surface area contributed by atoms with E-state index < -0.39 is 0 Å². The fourth-order valence-electron chi connectivity index (χ4n) is 2.55. The summed E-state index contributed by atoms with van der Waals surface area (Å²) in [6.45, 7) is 1.26. The third-order valence-electron chi connectivity index (χ3n) is 3.39. The van der Waals surface area contributed by atoms with Crippen molar-refractivity contribution in [3.8, 4) is 0 Å². The number of hydrogen-bond acceptors (Lipinski definition) is 3. The molecule has 2 N–H and O–H groups in total. The average molecular weight is 212 g/mol. The van der Waals surface area contributed by atoms with Crippen molar-refractivity contribution in [1.29, 1.82) is 0 Å². The molecule has 1 heterocycles. The predicted molar refractivity (Wildman–Crippen MR) is 56.9 cm³/mol. The van der Waals surface area contributed by atoms with E-state index in [0.717, 1.165) is 19.3 Å². The van der Waals surface area contributed by atoms with Crippen molar-refractivity contribution in [3.63, 3.8) is 0 Å². The lowest BCUT2D eigenvalue weighted by Crippen LogP contribution is -2.33. The Labute approximate surface area is 90.7 Å². The molecule has 0 radical (unpaired) electrons. The molecule has 0 atom stereocenters. The molecule has 15 heavy (non-hydrogen) atoms. The van der Waals surface area contributed by atoms with Crippen LogP contribution >= 0.6 is 0 Å². The molecule has 2 rings (SSSR count). The van der Waals surface area contributed by atoms with Crippen LogP contribution in [0.4, 0.5) is 0 Å². The maximum Gasteiger partial charge on any atom is 0.249 e. The Kier molecular flexibility index (Phi) is 3.26. The number of carbonyl (C=O) groups is 1. The summed E-state index contributed by atoms with van der Waals surface area (Å²) in [4.78, 5) is 17.5. The molecule has 1 aliphatic carbocycles. The minimum Gasteiger partial charge on any atom is -0.330 e. The van der Waals surface area contributed by atoms with Crippen molar-refractivity contribution >= 4 is 5.91 Å². The maximum absolute atomic E-state index is 11.7. The van der Waals surface area contributed by atoms with Crippen LogP contribution in [0.25, 0.3) is 0 Å². The van der Waals surface area contributed by atoms with Gasteiger partial charge in [-0.3, -0.25) is 9.63 Å². The minimum absolute atomic E-state index is 0.144. The summed E-state index contributed by atoms with van der Waals surface area (Å²) >= 11 is 0. The van der Waals surface area contributed by atoms with Gasteiger partial charge in [0.25, 0.3) is 0 Å². The second-order valence-corrected chi connectivity index (χ2v) is 4.65. The molecule has 1 saturated heterocycles. The topological polar surface area (TPSA) is 55.6 Å². The second-order valence-electron chi connectivity index (χ2n) is 4.65. The number of hydroxylamine groups is 2. The highest BCUT2D eigenvalue weighted by atomic mass is 16.7. The van der Waals surface area contributed by atoms with Gasteiger partial charge in [-0.05, 0) is 25.8 Å². The summed E-state index contributed by atoms with van der Waals surface area (Å²) in [7, 11) is 0. The van der Waals surface area contributed by atoms with E-state index in [-0.39, 0.29) is 11.5 Å². The molecule has 4 heteroatoms. The summed E-state index contributed by atoms with van der Waals surface area (Å²) in [6, 6.07) is 0. The van der Waals surface area contributed by atoms with Crippen LogP contribution in [0.2, 0.25) is 0 Å². The van der Waals surface area contributed by atoms with Crippen LogP contribution in [0.15, 0.2) is 0 Å². The fraction of sp³-hybridized carbons (Fsp3) is 0.909. The van der Waals surface area contributed by atoms with E-state index in [1.165, 1.54) is 24.3 Å². The van der Waals surface area contributed by atoms with E-state index in [4.69, 9.17) is 10.6 Å². The lowest BCUT2D eigenvalue weighted by Gasteiger charge is -2.31. The van der Waals surface area contributed by atoms with Gasteiger partial charge in [0, 0.05) is 6.54 Å². The molecule has 1 aliphatic heterocycles. The Morgan fingerprint density at radius 1 is 1.33 bits per heavy atom. The number of rotatable bonds is 3. The summed E-state index contributed by atoms with van der Waals surface area (Å²) in [5.41, 5.74) is 5.28. The largest absolute Gasteiger partial charge is 0.330 e. The quantitative estimate of drug-likeness (QED) is 0.764. The molecular formula is C11H20N2O2. The number of nitrogens with zero attached hydrogens (tertiary/aromatic N) is 1. The van der Waals surface area contributed by atoms with Crippen LogP contribution in [0.3, 0.4) is 0 Å². The first-order valence-corrected chi connectivity index (χ1v) is 5.95. The normalized spacial score (nSPS) is 25.1. The Morgan fingerprint density at radius 2 is 2.07 bits per heavy atom. The van der Waals surface area contributed by atoms with Gasteiger partial charge < -0.3 is 5.73 Å². The van der Waals surface area contributed by atoms with Gasteiger partial charge >= 0.3 is 0 Å². The van der Waals surface area contributed by atoms with Gasteiger partial charge in [-0.25, -0.2) is 5.06 Å². The third kappa shape index (κ3) is 2.32. The van der Waals surface area contributed by atoms with Crippen molar-refractivity contribution < 1.29 is 9.63 Å². The molecule has 4 nitrogen and oxygen atoms in total. The molecule has 86 valence electrons. The average Bonchev–Trinajstić information content (AvgIpc) is 2.53.